The SMILES string of the molecule is COC(=O)c1ccc2cc(C)oc2c1C. The number of fused-ring (bicyclic) bond motifs is 1. The molecule has 0 saturated carbocycles. The van der Waals surface area contributed by atoms with E-state index in [1.54, 1.807) is 6.07 Å². The second-order valence-corrected chi connectivity index (χ2v) is 3.51. The van der Waals surface area contributed by atoms with Crippen LogP contribution in [-0.2, 0) is 4.74 Å². The summed E-state index contributed by atoms with van der Waals surface area (Å²) in [5, 5.41) is 1.01. The Bertz CT molecular complexity index is 523. The van der Waals surface area contributed by atoms with E-state index in [4.69, 9.17) is 9.15 Å². The Morgan fingerprint density at radius 3 is 2.73 bits per heavy atom. The van der Waals surface area contributed by atoms with Gasteiger partial charge in [0, 0.05) is 10.9 Å². The fourth-order valence-corrected chi connectivity index (χ4v) is 1.70. The van der Waals surface area contributed by atoms with Crippen molar-refractivity contribution in [3.05, 3.63) is 35.1 Å². The predicted molar refractivity (Wildman–Crippen MR) is 57.0 cm³/mol. The van der Waals surface area contributed by atoms with E-state index in [-0.39, 0.29) is 5.97 Å². The minimum Gasteiger partial charge on any atom is -0.465 e. The molecule has 78 valence electrons. The van der Waals surface area contributed by atoms with Crippen LogP contribution in [0.3, 0.4) is 0 Å². The third-order valence-electron chi connectivity index (χ3n) is 2.46. The Kier molecular flexibility index (Phi) is 2.23. The molecule has 1 aromatic heterocycles. The zero-order valence-electron chi connectivity index (χ0n) is 8.96. The molecule has 3 heteroatoms. The molecule has 3 nitrogen and oxygen atoms in total. The van der Waals surface area contributed by atoms with Crippen molar-refractivity contribution in [1.29, 1.82) is 0 Å². The number of ether oxygens (including phenoxy) is 1. The van der Waals surface area contributed by atoms with Gasteiger partial charge in [-0.2, -0.15) is 0 Å². The predicted octanol–water partition coefficient (Wildman–Crippen LogP) is 2.84. The quantitative estimate of drug-likeness (QED) is 0.670. The highest BCUT2D eigenvalue weighted by atomic mass is 16.5. The van der Waals surface area contributed by atoms with Gasteiger partial charge in [-0.05, 0) is 26.0 Å². The molecule has 0 saturated heterocycles. The van der Waals surface area contributed by atoms with E-state index in [9.17, 15) is 4.79 Å². The molecule has 0 bridgehead atoms. The average Bonchev–Trinajstić information content (AvgIpc) is 2.59. The molecule has 2 aromatic rings. The van der Waals surface area contributed by atoms with Gasteiger partial charge >= 0.3 is 5.97 Å². The van der Waals surface area contributed by atoms with E-state index in [1.165, 1.54) is 7.11 Å². The molecule has 1 aromatic carbocycles. The van der Waals surface area contributed by atoms with Crippen LogP contribution in [0.5, 0.6) is 0 Å². The molecule has 0 N–H and O–H groups in total. The first-order valence-electron chi connectivity index (χ1n) is 4.71. The van der Waals surface area contributed by atoms with Gasteiger partial charge in [-0.1, -0.05) is 6.07 Å². The first-order chi connectivity index (χ1) is 7.13. The lowest BCUT2D eigenvalue weighted by Crippen LogP contribution is -2.03. The molecule has 0 aliphatic heterocycles. The molecule has 0 fully saturated rings. The standard InChI is InChI=1S/C12H12O3/c1-7-6-9-4-5-10(12(13)14-3)8(2)11(9)15-7/h4-6H,1-3H3. The summed E-state index contributed by atoms with van der Waals surface area (Å²) in [7, 11) is 1.37. The number of benzene rings is 1. The lowest BCUT2D eigenvalue weighted by atomic mass is 10.1. The smallest absolute Gasteiger partial charge is 0.338 e. The molecule has 0 aliphatic carbocycles. The number of esters is 1. The van der Waals surface area contributed by atoms with Crippen LogP contribution in [0.4, 0.5) is 0 Å². The second kappa shape index (κ2) is 3.42. The second-order valence-electron chi connectivity index (χ2n) is 3.51. The molecule has 15 heavy (non-hydrogen) atoms. The zero-order chi connectivity index (χ0) is 11.0. The van der Waals surface area contributed by atoms with Gasteiger partial charge in [0.15, 0.2) is 0 Å². The number of carbonyl (C=O) groups excluding carboxylic acids is 1. The van der Waals surface area contributed by atoms with Gasteiger partial charge in [0.2, 0.25) is 0 Å². The van der Waals surface area contributed by atoms with Crippen molar-refractivity contribution in [3.63, 3.8) is 0 Å². The van der Waals surface area contributed by atoms with Crippen LogP contribution >= 0.6 is 0 Å². The zero-order valence-corrected chi connectivity index (χ0v) is 8.96. The maximum Gasteiger partial charge on any atom is 0.338 e. The number of hydrogen-bond donors (Lipinski definition) is 0. The summed E-state index contributed by atoms with van der Waals surface area (Å²) in [4.78, 5) is 11.4. The van der Waals surface area contributed by atoms with Crippen LogP contribution in [0, 0.1) is 13.8 Å². The number of furan rings is 1. The van der Waals surface area contributed by atoms with Crippen molar-refractivity contribution >= 4 is 16.9 Å². The maximum absolute atomic E-state index is 11.4. The average molecular weight is 204 g/mol. The van der Waals surface area contributed by atoms with Gasteiger partial charge in [-0.25, -0.2) is 4.79 Å². The molecule has 0 radical (unpaired) electrons. The van der Waals surface area contributed by atoms with Crippen LogP contribution in [0.15, 0.2) is 22.6 Å². The van der Waals surface area contributed by atoms with E-state index < -0.39 is 0 Å². The first kappa shape index (κ1) is 9.77. The van der Waals surface area contributed by atoms with Crippen LogP contribution in [0.1, 0.15) is 21.7 Å². The number of hydrogen-bond acceptors (Lipinski definition) is 3. The number of aryl methyl sites for hydroxylation is 2. The van der Waals surface area contributed by atoms with Gasteiger partial charge in [-0.3, -0.25) is 0 Å². The number of rotatable bonds is 1. The van der Waals surface area contributed by atoms with Crippen molar-refractivity contribution in [1.82, 2.24) is 0 Å². The fraction of sp³-hybridized carbons (Fsp3) is 0.250. The van der Waals surface area contributed by atoms with Gasteiger partial charge < -0.3 is 9.15 Å². The normalized spacial score (nSPS) is 10.6. The summed E-state index contributed by atoms with van der Waals surface area (Å²) in [6, 6.07) is 5.58. The third-order valence-corrected chi connectivity index (χ3v) is 2.46. The molecule has 0 amide bonds. The van der Waals surface area contributed by atoms with Gasteiger partial charge in [0.25, 0.3) is 0 Å². The van der Waals surface area contributed by atoms with Crippen molar-refractivity contribution in [3.8, 4) is 0 Å². The minimum atomic E-state index is -0.330. The Labute approximate surface area is 87.6 Å². The lowest BCUT2D eigenvalue weighted by Gasteiger charge is -2.03. The van der Waals surface area contributed by atoms with Crippen LogP contribution in [-0.4, -0.2) is 13.1 Å². The summed E-state index contributed by atoms with van der Waals surface area (Å²) >= 11 is 0. The van der Waals surface area contributed by atoms with Gasteiger partial charge in [0.1, 0.15) is 11.3 Å². The Hall–Kier alpha value is -1.77. The highest BCUT2D eigenvalue weighted by Crippen LogP contribution is 2.25. The third kappa shape index (κ3) is 1.50. The van der Waals surface area contributed by atoms with Crippen molar-refractivity contribution in [2.75, 3.05) is 7.11 Å². The molecule has 2 rings (SSSR count). The Balaban J connectivity index is 2.69. The monoisotopic (exact) mass is 204 g/mol. The lowest BCUT2D eigenvalue weighted by molar-refractivity contribution is 0.0600. The largest absolute Gasteiger partial charge is 0.465 e. The van der Waals surface area contributed by atoms with Gasteiger partial charge in [-0.15, -0.1) is 0 Å². The van der Waals surface area contributed by atoms with Crippen molar-refractivity contribution in [2.45, 2.75) is 13.8 Å². The summed E-state index contributed by atoms with van der Waals surface area (Å²) in [6.07, 6.45) is 0. The molecule has 0 atom stereocenters. The highest BCUT2D eigenvalue weighted by Gasteiger charge is 2.13. The number of carbonyl (C=O) groups is 1. The van der Waals surface area contributed by atoms with E-state index in [2.05, 4.69) is 0 Å². The molecular formula is C12H12O3. The van der Waals surface area contributed by atoms with Crippen molar-refractivity contribution in [2.24, 2.45) is 0 Å². The molecular weight excluding hydrogens is 192 g/mol. The minimum absolute atomic E-state index is 0.330. The number of methoxy groups -OCH3 is 1. The van der Waals surface area contributed by atoms with E-state index in [0.717, 1.165) is 22.3 Å². The fourth-order valence-electron chi connectivity index (χ4n) is 1.70. The Morgan fingerprint density at radius 1 is 1.33 bits per heavy atom. The highest BCUT2D eigenvalue weighted by molar-refractivity contribution is 5.96. The van der Waals surface area contributed by atoms with E-state index in [0.29, 0.717) is 5.56 Å². The van der Waals surface area contributed by atoms with E-state index >= 15 is 0 Å². The van der Waals surface area contributed by atoms with Crippen LogP contribution in [0.25, 0.3) is 11.0 Å². The van der Waals surface area contributed by atoms with Crippen LogP contribution < -0.4 is 0 Å². The topological polar surface area (TPSA) is 39.4 Å². The van der Waals surface area contributed by atoms with Crippen molar-refractivity contribution < 1.29 is 13.9 Å². The summed E-state index contributed by atoms with van der Waals surface area (Å²) in [5.41, 5.74) is 2.14. The van der Waals surface area contributed by atoms with Gasteiger partial charge in [0.05, 0.1) is 12.7 Å². The summed E-state index contributed by atoms with van der Waals surface area (Å²) in [6.45, 7) is 3.74. The molecule has 0 unspecified atom stereocenters. The summed E-state index contributed by atoms with van der Waals surface area (Å²) < 4.78 is 10.2. The van der Waals surface area contributed by atoms with E-state index in [1.807, 2.05) is 26.0 Å². The molecule has 0 aliphatic rings. The molecule has 0 spiro atoms. The Morgan fingerprint density at radius 2 is 2.07 bits per heavy atom. The summed E-state index contributed by atoms with van der Waals surface area (Å²) in [5.74, 6) is 0.513. The molecule has 1 heterocycles. The van der Waals surface area contributed by atoms with Crippen LogP contribution in [0.2, 0.25) is 0 Å². The maximum atomic E-state index is 11.4. The first-order valence-corrected chi connectivity index (χ1v) is 4.71.